The van der Waals surface area contributed by atoms with Crippen molar-refractivity contribution in [2.45, 2.75) is 19.4 Å². The zero-order valence-corrected chi connectivity index (χ0v) is 8.07. The van der Waals surface area contributed by atoms with Gasteiger partial charge in [0.15, 0.2) is 0 Å². The number of hydrogen-bond acceptors (Lipinski definition) is 2. The smallest absolute Gasteiger partial charge is 0.0948 e. The monoisotopic (exact) mass is 167 g/mol. The maximum atomic E-state index is 4.02. The Morgan fingerprint density at radius 2 is 2.25 bits per heavy atom. The van der Waals surface area contributed by atoms with E-state index in [0.717, 1.165) is 6.54 Å². The predicted molar refractivity (Wildman–Crippen MR) is 50.1 cm³/mol. The highest BCUT2D eigenvalue weighted by atomic mass is 15.1. The highest BCUT2D eigenvalue weighted by Gasteiger charge is 2.02. The van der Waals surface area contributed by atoms with Gasteiger partial charge in [0.05, 0.1) is 6.33 Å². The fourth-order valence-corrected chi connectivity index (χ4v) is 1.12. The van der Waals surface area contributed by atoms with Gasteiger partial charge >= 0.3 is 0 Å². The van der Waals surface area contributed by atoms with Crippen LogP contribution < -0.4 is 0 Å². The van der Waals surface area contributed by atoms with Gasteiger partial charge in [-0.15, -0.1) is 0 Å². The Balaban J connectivity index is 2.34. The number of hydrogen-bond donors (Lipinski definition) is 0. The van der Waals surface area contributed by atoms with Crippen molar-refractivity contribution in [1.82, 2.24) is 14.5 Å². The summed E-state index contributed by atoms with van der Waals surface area (Å²) in [5, 5.41) is 0. The molecule has 3 heteroatoms. The van der Waals surface area contributed by atoms with E-state index in [9.17, 15) is 0 Å². The van der Waals surface area contributed by atoms with E-state index in [2.05, 4.69) is 35.5 Å². The SMILES string of the molecule is CC(CCN(C)C)n1ccnc1. The maximum absolute atomic E-state index is 4.02. The van der Waals surface area contributed by atoms with Gasteiger partial charge in [-0.1, -0.05) is 0 Å². The second-order valence-corrected chi connectivity index (χ2v) is 3.45. The number of aromatic nitrogens is 2. The van der Waals surface area contributed by atoms with Crippen molar-refractivity contribution >= 4 is 0 Å². The van der Waals surface area contributed by atoms with Crippen LogP contribution in [-0.2, 0) is 0 Å². The molecule has 0 spiro atoms. The van der Waals surface area contributed by atoms with E-state index in [1.807, 2.05) is 18.7 Å². The van der Waals surface area contributed by atoms with E-state index < -0.39 is 0 Å². The summed E-state index contributed by atoms with van der Waals surface area (Å²) in [6.07, 6.45) is 6.89. The van der Waals surface area contributed by atoms with E-state index in [1.54, 1.807) is 0 Å². The molecule has 0 aromatic carbocycles. The summed E-state index contributed by atoms with van der Waals surface area (Å²) in [5.41, 5.74) is 0. The van der Waals surface area contributed by atoms with Crippen LogP contribution in [0.4, 0.5) is 0 Å². The molecular weight excluding hydrogens is 150 g/mol. The minimum absolute atomic E-state index is 0.551. The Morgan fingerprint density at radius 3 is 2.75 bits per heavy atom. The van der Waals surface area contributed by atoms with Gasteiger partial charge in [-0.05, 0) is 34.0 Å². The van der Waals surface area contributed by atoms with Gasteiger partial charge in [0.2, 0.25) is 0 Å². The van der Waals surface area contributed by atoms with E-state index in [4.69, 9.17) is 0 Å². The van der Waals surface area contributed by atoms with Gasteiger partial charge < -0.3 is 9.47 Å². The Labute approximate surface area is 74.0 Å². The van der Waals surface area contributed by atoms with E-state index in [-0.39, 0.29) is 0 Å². The van der Waals surface area contributed by atoms with Crippen molar-refractivity contribution < 1.29 is 0 Å². The normalized spacial score (nSPS) is 13.7. The fourth-order valence-electron chi connectivity index (χ4n) is 1.12. The summed E-state index contributed by atoms with van der Waals surface area (Å²) in [5.74, 6) is 0. The van der Waals surface area contributed by atoms with Crippen molar-refractivity contribution in [3.63, 3.8) is 0 Å². The lowest BCUT2D eigenvalue weighted by atomic mass is 10.2. The molecule has 3 nitrogen and oxygen atoms in total. The van der Waals surface area contributed by atoms with Crippen LogP contribution in [0, 0.1) is 0 Å². The lowest BCUT2D eigenvalue weighted by Gasteiger charge is -2.15. The Hall–Kier alpha value is -0.830. The van der Waals surface area contributed by atoms with Crippen molar-refractivity contribution in [1.29, 1.82) is 0 Å². The van der Waals surface area contributed by atoms with Gasteiger partial charge in [0, 0.05) is 18.4 Å². The predicted octanol–water partition coefficient (Wildman–Crippen LogP) is 1.40. The molecule has 0 saturated carbocycles. The molecule has 1 atom stereocenters. The van der Waals surface area contributed by atoms with Crippen molar-refractivity contribution in [3.8, 4) is 0 Å². The quantitative estimate of drug-likeness (QED) is 0.676. The Kier molecular flexibility index (Phi) is 3.29. The van der Waals surface area contributed by atoms with Crippen LogP contribution in [0.15, 0.2) is 18.7 Å². The highest BCUT2D eigenvalue weighted by Crippen LogP contribution is 2.08. The maximum Gasteiger partial charge on any atom is 0.0948 e. The van der Waals surface area contributed by atoms with Crippen LogP contribution in [0.3, 0.4) is 0 Å². The number of nitrogens with zero attached hydrogens (tertiary/aromatic N) is 3. The average Bonchev–Trinajstić information content (AvgIpc) is 2.51. The third-order valence-corrected chi connectivity index (χ3v) is 2.03. The van der Waals surface area contributed by atoms with E-state index >= 15 is 0 Å². The van der Waals surface area contributed by atoms with E-state index in [0.29, 0.717) is 6.04 Å². The molecule has 1 aromatic rings. The van der Waals surface area contributed by atoms with Gasteiger partial charge in [0.25, 0.3) is 0 Å². The molecule has 0 aliphatic rings. The zero-order valence-electron chi connectivity index (χ0n) is 8.07. The molecule has 12 heavy (non-hydrogen) atoms. The first-order valence-electron chi connectivity index (χ1n) is 4.32. The van der Waals surface area contributed by atoms with Crippen molar-refractivity contribution in [2.24, 2.45) is 0 Å². The minimum Gasteiger partial charge on any atom is -0.335 e. The van der Waals surface area contributed by atoms with Gasteiger partial charge in [-0.25, -0.2) is 4.98 Å². The van der Waals surface area contributed by atoms with Crippen LogP contribution in [-0.4, -0.2) is 35.1 Å². The fraction of sp³-hybridized carbons (Fsp3) is 0.667. The van der Waals surface area contributed by atoms with Crippen LogP contribution >= 0.6 is 0 Å². The molecular formula is C9H17N3. The van der Waals surface area contributed by atoms with Gasteiger partial charge in [0.1, 0.15) is 0 Å². The molecule has 0 amide bonds. The van der Waals surface area contributed by atoms with Gasteiger partial charge in [-0.3, -0.25) is 0 Å². The summed E-state index contributed by atoms with van der Waals surface area (Å²) in [4.78, 5) is 6.22. The van der Waals surface area contributed by atoms with Gasteiger partial charge in [-0.2, -0.15) is 0 Å². The van der Waals surface area contributed by atoms with Crippen molar-refractivity contribution in [2.75, 3.05) is 20.6 Å². The van der Waals surface area contributed by atoms with Crippen LogP contribution in [0.2, 0.25) is 0 Å². The summed E-state index contributed by atoms with van der Waals surface area (Å²) in [6, 6.07) is 0.551. The summed E-state index contributed by atoms with van der Waals surface area (Å²) in [7, 11) is 4.20. The standard InChI is InChI=1S/C9H17N3/c1-9(4-6-11(2)3)12-7-5-10-8-12/h5,7-9H,4,6H2,1-3H3. The molecule has 0 N–H and O–H groups in total. The Morgan fingerprint density at radius 1 is 1.50 bits per heavy atom. The molecule has 0 fully saturated rings. The van der Waals surface area contributed by atoms with Crippen LogP contribution in [0.5, 0.6) is 0 Å². The first-order chi connectivity index (χ1) is 5.70. The molecule has 0 bridgehead atoms. The molecule has 1 unspecified atom stereocenters. The molecule has 68 valence electrons. The molecule has 1 rings (SSSR count). The van der Waals surface area contributed by atoms with E-state index in [1.165, 1.54) is 6.42 Å². The average molecular weight is 167 g/mol. The molecule has 0 aliphatic carbocycles. The largest absolute Gasteiger partial charge is 0.335 e. The minimum atomic E-state index is 0.551. The first-order valence-corrected chi connectivity index (χ1v) is 4.32. The number of rotatable bonds is 4. The topological polar surface area (TPSA) is 21.1 Å². The molecule has 0 saturated heterocycles. The third kappa shape index (κ3) is 2.66. The third-order valence-electron chi connectivity index (χ3n) is 2.03. The lowest BCUT2D eigenvalue weighted by molar-refractivity contribution is 0.358. The van der Waals surface area contributed by atoms with Crippen LogP contribution in [0.1, 0.15) is 19.4 Å². The summed E-state index contributed by atoms with van der Waals surface area (Å²) in [6.45, 7) is 3.34. The van der Waals surface area contributed by atoms with Crippen molar-refractivity contribution in [3.05, 3.63) is 18.7 Å². The molecule has 0 aliphatic heterocycles. The first kappa shape index (κ1) is 9.26. The Bertz CT molecular complexity index is 204. The molecule has 1 aromatic heterocycles. The lowest BCUT2D eigenvalue weighted by Crippen LogP contribution is -2.16. The summed E-state index contributed by atoms with van der Waals surface area (Å²) >= 11 is 0. The van der Waals surface area contributed by atoms with Crippen LogP contribution in [0.25, 0.3) is 0 Å². The number of imidazole rings is 1. The molecule has 1 heterocycles. The second kappa shape index (κ2) is 4.26. The molecule has 0 radical (unpaired) electrons. The zero-order chi connectivity index (χ0) is 8.97. The summed E-state index contributed by atoms with van der Waals surface area (Å²) < 4.78 is 2.14. The second-order valence-electron chi connectivity index (χ2n) is 3.45. The highest BCUT2D eigenvalue weighted by molar-refractivity contribution is 4.78.